The number of aromatic nitrogens is 2. The standard InChI is InChI=1S/C12H15N3S/c1-8-4-5-9(2)10(6-8)15-12(13)11(16-3)7-14-15/h4-7H,13H2,1-3H3. The van der Waals surface area contributed by atoms with E-state index in [1.54, 1.807) is 16.4 Å². The van der Waals surface area contributed by atoms with Crippen molar-refractivity contribution in [1.82, 2.24) is 9.78 Å². The molecule has 1 aromatic heterocycles. The average molecular weight is 233 g/mol. The van der Waals surface area contributed by atoms with Crippen LogP contribution in [0.25, 0.3) is 5.69 Å². The van der Waals surface area contributed by atoms with Gasteiger partial charge in [0.2, 0.25) is 0 Å². The first kappa shape index (κ1) is 11.1. The molecule has 1 heterocycles. The van der Waals surface area contributed by atoms with E-state index in [0.717, 1.165) is 10.6 Å². The summed E-state index contributed by atoms with van der Waals surface area (Å²) in [5.41, 5.74) is 9.48. The van der Waals surface area contributed by atoms with E-state index < -0.39 is 0 Å². The molecule has 0 spiro atoms. The van der Waals surface area contributed by atoms with Crippen molar-refractivity contribution in [3.05, 3.63) is 35.5 Å². The summed E-state index contributed by atoms with van der Waals surface area (Å²) in [6.07, 6.45) is 3.81. The molecule has 0 radical (unpaired) electrons. The molecule has 2 rings (SSSR count). The number of nitrogens with zero attached hydrogens (tertiary/aromatic N) is 2. The van der Waals surface area contributed by atoms with Gasteiger partial charge in [0, 0.05) is 0 Å². The van der Waals surface area contributed by atoms with Gasteiger partial charge >= 0.3 is 0 Å². The third-order valence-electron chi connectivity index (χ3n) is 2.58. The van der Waals surface area contributed by atoms with Crippen LogP contribution in [0, 0.1) is 13.8 Å². The van der Waals surface area contributed by atoms with Crippen LogP contribution in [0.1, 0.15) is 11.1 Å². The van der Waals surface area contributed by atoms with E-state index in [-0.39, 0.29) is 0 Å². The Bertz CT molecular complexity index is 517. The van der Waals surface area contributed by atoms with Crippen LogP contribution in [-0.2, 0) is 0 Å². The quantitative estimate of drug-likeness (QED) is 0.811. The van der Waals surface area contributed by atoms with E-state index in [4.69, 9.17) is 5.73 Å². The highest BCUT2D eigenvalue weighted by Gasteiger charge is 2.09. The maximum Gasteiger partial charge on any atom is 0.140 e. The SMILES string of the molecule is CSc1cnn(-c2cc(C)ccc2C)c1N. The summed E-state index contributed by atoms with van der Waals surface area (Å²) in [6.45, 7) is 4.13. The van der Waals surface area contributed by atoms with E-state index in [2.05, 4.69) is 37.1 Å². The summed E-state index contributed by atoms with van der Waals surface area (Å²) in [6, 6.07) is 6.28. The van der Waals surface area contributed by atoms with E-state index in [9.17, 15) is 0 Å². The second-order valence-electron chi connectivity index (χ2n) is 3.80. The van der Waals surface area contributed by atoms with Crippen molar-refractivity contribution >= 4 is 17.6 Å². The van der Waals surface area contributed by atoms with Gasteiger partial charge in [-0.3, -0.25) is 0 Å². The van der Waals surface area contributed by atoms with E-state index in [1.807, 2.05) is 12.5 Å². The zero-order chi connectivity index (χ0) is 11.7. The van der Waals surface area contributed by atoms with E-state index in [1.165, 1.54) is 11.1 Å². The lowest BCUT2D eigenvalue weighted by Gasteiger charge is -2.09. The number of anilines is 1. The Morgan fingerprint density at radius 3 is 2.69 bits per heavy atom. The van der Waals surface area contributed by atoms with Crippen molar-refractivity contribution < 1.29 is 0 Å². The average Bonchev–Trinajstić information content (AvgIpc) is 2.63. The van der Waals surface area contributed by atoms with Gasteiger partial charge < -0.3 is 5.73 Å². The Labute approximate surface area is 99.7 Å². The van der Waals surface area contributed by atoms with E-state index >= 15 is 0 Å². The Balaban J connectivity index is 2.58. The van der Waals surface area contributed by atoms with Gasteiger partial charge in [0.25, 0.3) is 0 Å². The van der Waals surface area contributed by atoms with Crippen LogP contribution in [0.2, 0.25) is 0 Å². The van der Waals surface area contributed by atoms with Gasteiger partial charge in [-0.1, -0.05) is 12.1 Å². The van der Waals surface area contributed by atoms with Gasteiger partial charge in [-0.05, 0) is 37.3 Å². The maximum atomic E-state index is 6.04. The van der Waals surface area contributed by atoms with Gasteiger partial charge in [-0.25, -0.2) is 4.68 Å². The fourth-order valence-electron chi connectivity index (χ4n) is 1.64. The molecule has 0 bridgehead atoms. The number of nitrogens with two attached hydrogens (primary N) is 1. The fraction of sp³-hybridized carbons (Fsp3) is 0.250. The van der Waals surface area contributed by atoms with Crippen molar-refractivity contribution in [3.8, 4) is 5.69 Å². The highest BCUT2D eigenvalue weighted by molar-refractivity contribution is 7.98. The minimum absolute atomic E-state index is 0.709. The monoisotopic (exact) mass is 233 g/mol. The fourth-order valence-corrected chi connectivity index (χ4v) is 2.09. The maximum absolute atomic E-state index is 6.04. The number of thioether (sulfide) groups is 1. The Morgan fingerprint density at radius 2 is 2.06 bits per heavy atom. The minimum Gasteiger partial charge on any atom is -0.383 e. The van der Waals surface area contributed by atoms with Gasteiger partial charge in [0.1, 0.15) is 5.82 Å². The van der Waals surface area contributed by atoms with Crippen LogP contribution in [0.3, 0.4) is 0 Å². The van der Waals surface area contributed by atoms with Gasteiger partial charge in [-0.15, -0.1) is 11.8 Å². The molecule has 0 atom stereocenters. The van der Waals surface area contributed by atoms with Gasteiger partial charge in [0.15, 0.2) is 0 Å². The summed E-state index contributed by atoms with van der Waals surface area (Å²) >= 11 is 1.61. The Kier molecular flexibility index (Phi) is 2.92. The predicted octanol–water partition coefficient (Wildman–Crippen LogP) is 2.79. The van der Waals surface area contributed by atoms with Gasteiger partial charge in [-0.2, -0.15) is 5.10 Å². The van der Waals surface area contributed by atoms with Crippen LogP contribution in [0.15, 0.2) is 29.3 Å². The van der Waals surface area contributed by atoms with Crippen LogP contribution >= 0.6 is 11.8 Å². The van der Waals surface area contributed by atoms with E-state index in [0.29, 0.717) is 5.82 Å². The van der Waals surface area contributed by atoms with Crippen LogP contribution in [-0.4, -0.2) is 16.0 Å². The Hall–Kier alpha value is -1.42. The molecular weight excluding hydrogens is 218 g/mol. The number of aryl methyl sites for hydroxylation is 2. The summed E-state index contributed by atoms with van der Waals surface area (Å²) in [4.78, 5) is 1.01. The predicted molar refractivity (Wildman–Crippen MR) is 69.2 cm³/mol. The van der Waals surface area contributed by atoms with Crippen LogP contribution in [0.4, 0.5) is 5.82 Å². The van der Waals surface area contributed by atoms with Gasteiger partial charge in [0.05, 0.1) is 16.8 Å². The highest BCUT2D eigenvalue weighted by atomic mass is 32.2. The smallest absolute Gasteiger partial charge is 0.140 e. The molecule has 2 N–H and O–H groups in total. The summed E-state index contributed by atoms with van der Waals surface area (Å²) in [5, 5.41) is 4.33. The highest BCUT2D eigenvalue weighted by Crippen LogP contribution is 2.26. The third kappa shape index (κ3) is 1.80. The summed E-state index contributed by atoms with van der Waals surface area (Å²) < 4.78 is 1.80. The molecule has 0 saturated carbocycles. The zero-order valence-corrected chi connectivity index (χ0v) is 10.5. The third-order valence-corrected chi connectivity index (χ3v) is 3.34. The summed E-state index contributed by atoms with van der Waals surface area (Å²) in [5.74, 6) is 0.709. The molecule has 0 fully saturated rings. The van der Waals surface area contributed by atoms with Crippen molar-refractivity contribution in [2.24, 2.45) is 0 Å². The molecule has 3 nitrogen and oxygen atoms in total. The van der Waals surface area contributed by atoms with Crippen molar-refractivity contribution in [1.29, 1.82) is 0 Å². The molecule has 0 aliphatic heterocycles. The molecule has 0 saturated heterocycles. The number of nitrogen functional groups attached to an aromatic ring is 1. The largest absolute Gasteiger partial charge is 0.383 e. The van der Waals surface area contributed by atoms with Crippen LogP contribution in [0.5, 0.6) is 0 Å². The molecule has 1 aromatic carbocycles. The first-order chi connectivity index (χ1) is 7.63. The lowest BCUT2D eigenvalue weighted by atomic mass is 10.1. The molecule has 2 aromatic rings. The number of hydrogen-bond donors (Lipinski definition) is 1. The summed E-state index contributed by atoms with van der Waals surface area (Å²) in [7, 11) is 0. The molecule has 0 unspecified atom stereocenters. The minimum atomic E-state index is 0.709. The first-order valence-corrected chi connectivity index (χ1v) is 6.31. The molecule has 0 aliphatic carbocycles. The topological polar surface area (TPSA) is 43.8 Å². The number of hydrogen-bond acceptors (Lipinski definition) is 3. The molecule has 4 heteroatoms. The first-order valence-electron chi connectivity index (χ1n) is 5.08. The molecular formula is C12H15N3S. The lowest BCUT2D eigenvalue weighted by molar-refractivity contribution is 0.881. The molecule has 16 heavy (non-hydrogen) atoms. The van der Waals surface area contributed by atoms with Crippen molar-refractivity contribution in [2.75, 3.05) is 12.0 Å². The normalized spacial score (nSPS) is 10.7. The Morgan fingerprint density at radius 1 is 1.31 bits per heavy atom. The number of rotatable bonds is 2. The van der Waals surface area contributed by atoms with Crippen LogP contribution < -0.4 is 5.73 Å². The molecule has 84 valence electrons. The second kappa shape index (κ2) is 4.22. The number of benzene rings is 1. The lowest BCUT2D eigenvalue weighted by Crippen LogP contribution is -2.04. The molecule has 0 aliphatic rings. The second-order valence-corrected chi connectivity index (χ2v) is 4.65. The van der Waals surface area contributed by atoms with Crippen molar-refractivity contribution in [2.45, 2.75) is 18.7 Å². The zero-order valence-electron chi connectivity index (χ0n) is 9.69. The molecule has 0 amide bonds. The van der Waals surface area contributed by atoms with Crippen molar-refractivity contribution in [3.63, 3.8) is 0 Å².